The third-order valence-electron chi connectivity index (χ3n) is 3.04. The minimum Gasteiger partial charge on any atom is -0.462 e. The van der Waals surface area contributed by atoms with Crippen LogP contribution >= 0.6 is 12.4 Å². The second kappa shape index (κ2) is 5.98. The van der Waals surface area contributed by atoms with E-state index in [1.165, 1.54) is 12.8 Å². The fourth-order valence-electron chi connectivity index (χ4n) is 2.10. The Bertz CT molecular complexity index is 514. The highest BCUT2D eigenvalue weighted by Crippen LogP contribution is 2.13. The molecule has 0 radical (unpaired) electrons. The molecule has 4 nitrogen and oxygen atoms in total. The van der Waals surface area contributed by atoms with Crippen LogP contribution in [0.4, 0.5) is 0 Å². The van der Waals surface area contributed by atoms with Gasteiger partial charge < -0.3 is 10.1 Å². The van der Waals surface area contributed by atoms with E-state index in [0.29, 0.717) is 18.7 Å². The van der Waals surface area contributed by atoms with E-state index >= 15 is 0 Å². The topological polar surface area (TPSA) is 47.0 Å². The Kier molecular flexibility index (Phi) is 4.33. The zero-order valence-corrected chi connectivity index (χ0v) is 10.8. The summed E-state index contributed by atoms with van der Waals surface area (Å²) in [4.78, 5) is 8.58. The average molecular weight is 266 g/mol. The smallest absolute Gasteiger partial charge is 0.316 e. The monoisotopic (exact) mass is 265 g/mol. The van der Waals surface area contributed by atoms with E-state index in [2.05, 4.69) is 15.3 Å². The number of halogens is 1. The molecule has 1 aliphatic heterocycles. The van der Waals surface area contributed by atoms with Gasteiger partial charge in [-0.15, -0.1) is 12.4 Å². The molecular formula is C13H16ClN3O. The van der Waals surface area contributed by atoms with Gasteiger partial charge in [-0.1, -0.05) is 18.2 Å². The van der Waals surface area contributed by atoms with Crippen molar-refractivity contribution in [1.82, 2.24) is 15.3 Å². The van der Waals surface area contributed by atoms with Gasteiger partial charge >= 0.3 is 6.01 Å². The van der Waals surface area contributed by atoms with Crippen LogP contribution in [0.3, 0.4) is 0 Å². The summed E-state index contributed by atoms with van der Waals surface area (Å²) in [5.41, 5.74) is 0.928. The summed E-state index contributed by atoms with van der Waals surface area (Å²) in [6, 6.07) is 8.84. The number of nitrogens with zero attached hydrogens (tertiary/aromatic N) is 2. The number of para-hydroxylation sites is 1. The molecule has 1 aliphatic rings. The summed E-state index contributed by atoms with van der Waals surface area (Å²) < 4.78 is 5.61. The van der Waals surface area contributed by atoms with Crippen molar-refractivity contribution < 1.29 is 4.74 Å². The third kappa shape index (κ3) is 2.89. The molecule has 1 aromatic heterocycles. The highest BCUT2D eigenvalue weighted by atomic mass is 35.5. The minimum absolute atomic E-state index is 0. The summed E-state index contributed by atoms with van der Waals surface area (Å²) >= 11 is 0. The van der Waals surface area contributed by atoms with E-state index in [9.17, 15) is 0 Å². The van der Waals surface area contributed by atoms with Crippen LogP contribution in [-0.2, 0) is 0 Å². The molecule has 0 spiro atoms. The minimum atomic E-state index is 0. The zero-order chi connectivity index (χ0) is 11.5. The number of benzene rings is 1. The molecule has 0 aliphatic carbocycles. The van der Waals surface area contributed by atoms with Crippen molar-refractivity contribution in [3.8, 4) is 6.01 Å². The lowest BCUT2D eigenvalue weighted by atomic mass is 10.2. The Morgan fingerprint density at radius 1 is 1.33 bits per heavy atom. The fourth-order valence-corrected chi connectivity index (χ4v) is 2.10. The van der Waals surface area contributed by atoms with Crippen molar-refractivity contribution in [2.45, 2.75) is 18.9 Å². The maximum atomic E-state index is 5.61. The molecule has 96 valence electrons. The van der Waals surface area contributed by atoms with Gasteiger partial charge in [0.15, 0.2) is 0 Å². The number of rotatable bonds is 3. The molecule has 1 saturated heterocycles. The number of hydrogen-bond donors (Lipinski definition) is 1. The maximum absolute atomic E-state index is 5.61. The van der Waals surface area contributed by atoms with E-state index in [1.54, 1.807) is 6.20 Å². The lowest BCUT2D eigenvalue weighted by Gasteiger charge is -2.10. The molecule has 3 rings (SSSR count). The van der Waals surface area contributed by atoms with Crippen LogP contribution in [0.1, 0.15) is 12.8 Å². The predicted molar refractivity (Wildman–Crippen MR) is 73.3 cm³/mol. The molecule has 0 saturated carbocycles. The molecule has 1 aromatic carbocycles. The number of nitrogens with one attached hydrogen (secondary N) is 1. The molecule has 1 fully saturated rings. The molecule has 1 N–H and O–H groups in total. The van der Waals surface area contributed by atoms with Crippen molar-refractivity contribution in [2.24, 2.45) is 0 Å². The van der Waals surface area contributed by atoms with Gasteiger partial charge in [-0.25, -0.2) is 4.98 Å². The molecule has 18 heavy (non-hydrogen) atoms. The second-order valence-corrected chi connectivity index (χ2v) is 4.32. The SMILES string of the molecule is Cl.c1ccc2nc(OC[C@H]3CCCN3)ncc2c1. The first kappa shape index (κ1) is 13.1. The van der Waals surface area contributed by atoms with Crippen LogP contribution in [0, 0.1) is 0 Å². The van der Waals surface area contributed by atoms with E-state index in [4.69, 9.17) is 4.74 Å². The van der Waals surface area contributed by atoms with Gasteiger partial charge in [0, 0.05) is 17.6 Å². The Hall–Kier alpha value is -1.39. The number of fused-ring (bicyclic) bond motifs is 1. The van der Waals surface area contributed by atoms with Crippen molar-refractivity contribution >= 4 is 23.3 Å². The standard InChI is InChI=1S/C13H15N3O.ClH/c1-2-6-12-10(4-1)8-15-13(16-12)17-9-11-5-3-7-14-11;/h1-2,4,6,8,11,14H,3,5,7,9H2;1H/t11-;/m1./s1. The Morgan fingerprint density at radius 2 is 2.22 bits per heavy atom. The maximum Gasteiger partial charge on any atom is 0.316 e. The van der Waals surface area contributed by atoms with Crippen molar-refractivity contribution in [3.05, 3.63) is 30.5 Å². The van der Waals surface area contributed by atoms with E-state index in [1.807, 2.05) is 24.3 Å². The molecule has 0 unspecified atom stereocenters. The summed E-state index contributed by atoms with van der Waals surface area (Å²) in [7, 11) is 0. The van der Waals surface area contributed by atoms with Gasteiger partial charge in [0.25, 0.3) is 0 Å². The Morgan fingerprint density at radius 3 is 3.06 bits per heavy atom. The van der Waals surface area contributed by atoms with Crippen molar-refractivity contribution in [3.63, 3.8) is 0 Å². The number of aromatic nitrogens is 2. The average Bonchev–Trinajstić information content (AvgIpc) is 2.89. The van der Waals surface area contributed by atoms with Gasteiger partial charge in [0.05, 0.1) is 5.52 Å². The van der Waals surface area contributed by atoms with Crippen LogP contribution in [0.25, 0.3) is 10.9 Å². The molecule has 0 amide bonds. The molecule has 2 heterocycles. The first-order chi connectivity index (χ1) is 8.42. The van der Waals surface area contributed by atoms with E-state index < -0.39 is 0 Å². The molecule has 5 heteroatoms. The fraction of sp³-hybridized carbons (Fsp3) is 0.385. The molecular weight excluding hydrogens is 250 g/mol. The highest BCUT2D eigenvalue weighted by Gasteiger charge is 2.14. The van der Waals surface area contributed by atoms with E-state index in [-0.39, 0.29) is 12.4 Å². The number of hydrogen-bond acceptors (Lipinski definition) is 4. The van der Waals surface area contributed by atoms with Crippen molar-refractivity contribution in [2.75, 3.05) is 13.2 Å². The third-order valence-corrected chi connectivity index (χ3v) is 3.04. The molecule has 2 aromatic rings. The number of ether oxygens (including phenoxy) is 1. The van der Waals surface area contributed by atoms with Crippen LogP contribution < -0.4 is 10.1 Å². The zero-order valence-electron chi connectivity index (χ0n) is 10.0. The molecule has 0 bridgehead atoms. The normalized spacial score (nSPS) is 18.6. The van der Waals surface area contributed by atoms with Crippen LogP contribution in [0.5, 0.6) is 6.01 Å². The molecule has 1 atom stereocenters. The van der Waals surface area contributed by atoms with Crippen LogP contribution in [-0.4, -0.2) is 29.2 Å². The Labute approximate surface area is 112 Å². The van der Waals surface area contributed by atoms with Gasteiger partial charge in [0.1, 0.15) is 6.61 Å². The largest absolute Gasteiger partial charge is 0.462 e. The summed E-state index contributed by atoms with van der Waals surface area (Å²) in [6.07, 6.45) is 4.21. The van der Waals surface area contributed by atoms with Gasteiger partial charge in [-0.2, -0.15) is 4.98 Å². The van der Waals surface area contributed by atoms with Gasteiger partial charge in [0.2, 0.25) is 0 Å². The van der Waals surface area contributed by atoms with Crippen molar-refractivity contribution in [1.29, 1.82) is 0 Å². The summed E-state index contributed by atoms with van der Waals surface area (Å²) in [5, 5.41) is 4.42. The second-order valence-electron chi connectivity index (χ2n) is 4.32. The first-order valence-electron chi connectivity index (χ1n) is 6.00. The lowest BCUT2D eigenvalue weighted by molar-refractivity contribution is 0.258. The van der Waals surface area contributed by atoms with Crippen LogP contribution in [0.2, 0.25) is 0 Å². The van der Waals surface area contributed by atoms with E-state index in [0.717, 1.165) is 17.4 Å². The van der Waals surface area contributed by atoms with Crippen LogP contribution in [0.15, 0.2) is 30.5 Å². The highest BCUT2D eigenvalue weighted by molar-refractivity contribution is 5.85. The summed E-state index contributed by atoms with van der Waals surface area (Å²) in [6.45, 7) is 1.74. The Balaban J connectivity index is 0.00000120. The predicted octanol–water partition coefficient (Wildman–Crippen LogP) is 2.18. The quantitative estimate of drug-likeness (QED) is 0.924. The summed E-state index contributed by atoms with van der Waals surface area (Å²) in [5.74, 6) is 0. The first-order valence-corrected chi connectivity index (χ1v) is 6.00. The lowest BCUT2D eigenvalue weighted by Crippen LogP contribution is -2.28. The van der Waals surface area contributed by atoms with Gasteiger partial charge in [-0.3, -0.25) is 0 Å². The van der Waals surface area contributed by atoms with Gasteiger partial charge in [-0.05, 0) is 25.5 Å².